The molecule has 0 aromatic carbocycles. The largest absolute Gasteiger partial charge is 0.481 e. The molecule has 1 rings (SSSR count). The highest BCUT2D eigenvalue weighted by Crippen LogP contribution is 2.34. The average molecular weight is 353 g/mol. The minimum Gasteiger partial charge on any atom is -0.481 e. The molecule has 0 bridgehead atoms. The molecule has 1 aliphatic rings. The van der Waals surface area contributed by atoms with Gasteiger partial charge >= 0.3 is 5.97 Å². The van der Waals surface area contributed by atoms with Crippen LogP contribution in [0.4, 0.5) is 0 Å². The van der Waals surface area contributed by atoms with Crippen LogP contribution >= 0.6 is 0 Å². The molecule has 3 atom stereocenters. The van der Waals surface area contributed by atoms with Gasteiger partial charge in [0.05, 0.1) is 6.10 Å². The van der Waals surface area contributed by atoms with Crippen LogP contribution in [0.1, 0.15) is 103 Å². The van der Waals surface area contributed by atoms with Crippen LogP contribution in [0.3, 0.4) is 0 Å². The Labute approximate surface area is 154 Å². The zero-order chi connectivity index (χ0) is 18.3. The molecular formula is C22H40O3. The lowest BCUT2D eigenvalue weighted by Gasteiger charge is -2.24. The number of carboxylic acid groups (broad SMARTS) is 1. The van der Waals surface area contributed by atoms with Crippen LogP contribution in [0, 0.1) is 11.8 Å². The minimum absolute atomic E-state index is 0.151. The molecule has 2 N–H and O–H groups in total. The standard InChI is InChI=1S/C22H40O3/c1-2-3-4-7-11-17-21(23)20-16-13-15-19(20)14-10-8-5-6-9-12-18-22(24)25/h13,16,19-21,23H,2-12,14-15,17-18H2,1H3,(H,24,25)/t19-,20-,21?/m0/s1. The minimum atomic E-state index is -0.677. The van der Waals surface area contributed by atoms with Crippen molar-refractivity contribution in [1.29, 1.82) is 0 Å². The van der Waals surface area contributed by atoms with E-state index in [4.69, 9.17) is 5.11 Å². The van der Waals surface area contributed by atoms with E-state index in [1.54, 1.807) is 0 Å². The van der Waals surface area contributed by atoms with Gasteiger partial charge in [0, 0.05) is 12.3 Å². The monoisotopic (exact) mass is 352 g/mol. The van der Waals surface area contributed by atoms with E-state index >= 15 is 0 Å². The number of aliphatic carboxylic acids is 1. The highest BCUT2D eigenvalue weighted by molar-refractivity contribution is 5.66. The number of hydrogen-bond acceptors (Lipinski definition) is 2. The molecule has 0 saturated heterocycles. The van der Waals surface area contributed by atoms with Crippen LogP contribution in [-0.2, 0) is 4.79 Å². The Bertz CT molecular complexity index is 364. The van der Waals surface area contributed by atoms with Crippen molar-refractivity contribution in [1.82, 2.24) is 0 Å². The Hall–Kier alpha value is -0.830. The Balaban J connectivity index is 2.05. The van der Waals surface area contributed by atoms with E-state index in [1.165, 1.54) is 51.4 Å². The Morgan fingerprint density at radius 1 is 1.00 bits per heavy atom. The molecule has 0 spiro atoms. The van der Waals surface area contributed by atoms with E-state index in [-0.39, 0.29) is 6.10 Å². The number of hydrogen-bond donors (Lipinski definition) is 2. The number of aliphatic hydroxyl groups is 1. The smallest absolute Gasteiger partial charge is 0.303 e. The average Bonchev–Trinajstić information content (AvgIpc) is 3.05. The molecule has 0 radical (unpaired) electrons. The number of aliphatic hydroxyl groups excluding tert-OH is 1. The second kappa shape index (κ2) is 14.4. The van der Waals surface area contributed by atoms with E-state index in [0.717, 1.165) is 38.5 Å². The molecule has 3 nitrogen and oxygen atoms in total. The molecule has 1 aliphatic carbocycles. The van der Waals surface area contributed by atoms with Gasteiger partial charge in [-0.1, -0.05) is 83.3 Å². The van der Waals surface area contributed by atoms with Crippen molar-refractivity contribution < 1.29 is 15.0 Å². The van der Waals surface area contributed by atoms with Crippen molar-refractivity contribution in [2.24, 2.45) is 11.8 Å². The lowest BCUT2D eigenvalue weighted by molar-refractivity contribution is -0.137. The molecule has 1 unspecified atom stereocenters. The lowest BCUT2D eigenvalue weighted by atomic mass is 9.84. The van der Waals surface area contributed by atoms with Crippen molar-refractivity contribution in [2.75, 3.05) is 0 Å². The topological polar surface area (TPSA) is 57.5 Å². The number of rotatable bonds is 16. The zero-order valence-corrected chi connectivity index (χ0v) is 16.3. The third-order valence-corrected chi connectivity index (χ3v) is 5.60. The molecule has 0 saturated carbocycles. The summed E-state index contributed by atoms with van der Waals surface area (Å²) < 4.78 is 0. The van der Waals surface area contributed by atoms with Crippen molar-refractivity contribution in [3.05, 3.63) is 12.2 Å². The van der Waals surface area contributed by atoms with Gasteiger partial charge in [-0.15, -0.1) is 0 Å². The summed E-state index contributed by atoms with van der Waals surface area (Å²) >= 11 is 0. The van der Waals surface area contributed by atoms with Crippen LogP contribution in [0.5, 0.6) is 0 Å². The Morgan fingerprint density at radius 2 is 1.64 bits per heavy atom. The SMILES string of the molecule is CCCCCCCC(O)[C@H]1C=CC[C@@H]1CCCCCCCCC(=O)O. The van der Waals surface area contributed by atoms with Crippen molar-refractivity contribution in [3.8, 4) is 0 Å². The summed E-state index contributed by atoms with van der Waals surface area (Å²) in [5, 5.41) is 19.1. The number of unbranched alkanes of at least 4 members (excludes halogenated alkanes) is 9. The molecule has 0 heterocycles. The van der Waals surface area contributed by atoms with Crippen molar-refractivity contribution >= 4 is 5.97 Å². The van der Waals surface area contributed by atoms with Gasteiger partial charge in [0.15, 0.2) is 0 Å². The number of carboxylic acids is 1. The second-order valence-electron chi connectivity index (χ2n) is 7.83. The third kappa shape index (κ3) is 10.7. The van der Waals surface area contributed by atoms with E-state index < -0.39 is 5.97 Å². The molecule has 0 aromatic rings. The first kappa shape index (κ1) is 22.2. The normalized spacial score (nSPS) is 20.9. The van der Waals surface area contributed by atoms with Crippen LogP contribution in [0.25, 0.3) is 0 Å². The quantitative estimate of drug-likeness (QED) is 0.260. The number of allylic oxidation sites excluding steroid dienone is 1. The van der Waals surface area contributed by atoms with Crippen LogP contribution in [0.15, 0.2) is 12.2 Å². The van der Waals surface area contributed by atoms with Gasteiger partial charge in [0.25, 0.3) is 0 Å². The maximum atomic E-state index is 10.5. The predicted octanol–water partition coefficient (Wildman–Crippen LogP) is 6.11. The summed E-state index contributed by atoms with van der Waals surface area (Å²) in [6.07, 6.45) is 21.0. The molecule has 146 valence electrons. The summed E-state index contributed by atoms with van der Waals surface area (Å²) in [6.45, 7) is 2.23. The van der Waals surface area contributed by atoms with Gasteiger partial charge in [0.1, 0.15) is 0 Å². The molecule has 25 heavy (non-hydrogen) atoms. The summed E-state index contributed by atoms with van der Waals surface area (Å²) in [5.74, 6) is 0.336. The van der Waals surface area contributed by atoms with E-state index in [2.05, 4.69) is 19.1 Å². The fraction of sp³-hybridized carbons (Fsp3) is 0.864. The number of carbonyl (C=O) groups is 1. The predicted molar refractivity (Wildman–Crippen MR) is 105 cm³/mol. The van der Waals surface area contributed by atoms with Crippen LogP contribution in [-0.4, -0.2) is 22.3 Å². The molecule has 0 aliphatic heterocycles. The maximum Gasteiger partial charge on any atom is 0.303 e. The van der Waals surface area contributed by atoms with Gasteiger partial charge in [-0.25, -0.2) is 0 Å². The summed E-state index contributed by atoms with van der Waals surface area (Å²) in [7, 11) is 0. The van der Waals surface area contributed by atoms with Crippen LogP contribution in [0.2, 0.25) is 0 Å². The fourth-order valence-electron chi connectivity index (χ4n) is 4.02. The first-order valence-electron chi connectivity index (χ1n) is 10.7. The third-order valence-electron chi connectivity index (χ3n) is 5.60. The van der Waals surface area contributed by atoms with Gasteiger partial charge in [-0.3, -0.25) is 4.79 Å². The van der Waals surface area contributed by atoms with E-state index in [9.17, 15) is 9.90 Å². The summed E-state index contributed by atoms with van der Waals surface area (Å²) in [5.41, 5.74) is 0. The summed E-state index contributed by atoms with van der Waals surface area (Å²) in [6, 6.07) is 0. The summed E-state index contributed by atoms with van der Waals surface area (Å²) in [4.78, 5) is 10.5. The van der Waals surface area contributed by atoms with Crippen LogP contribution < -0.4 is 0 Å². The van der Waals surface area contributed by atoms with Gasteiger partial charge in [-0.05, 0) is 31.6 Å². The molecule has 0 amide bonds. The van der Waals surface area contributed by atoms with Crippen molar-refractivity contribution in [2.45, 2.75) is 109 Å². The molecule has 0 aromatic heterocycles. The van der Waals surface area contributed by atoms with E-state index in [0.29, 0.717) is 18.3 Å². The van der Waals surface area contributed by atoms with Gasteiger partial charge in [0.2, 0.25) is 0 Å². The zero-order valence-electron chi connectivity index (χ0n) is 16.3. The second-order valence-corrected chi connectivity index (χ2v) is 7.83. The highest BCUT2D eigenvalue weighted by atomic mass is 16.4. The fourth-order valence-corrected chi connectivity index (χ4v) is 4.02. The van der Waals surface area contributed by atoms with Gasteiger partial charge in [-0.2, -0.15) is 0 Å². The first-order valence-corrected chi connectivity index (χ1v) is 10.7. The van der Waals surface area contributed by atoms with E-state index in [1.807, 2.05) is 0 Å². The first-order chi connectivity index (χ1) is 12.1. The van der Waals surface area contributed by atoms with Crippen molar-refractivity contribution in [3.63, 3.8) is 0 Å². The molecular weight excluding hydrogens is 312 g/mol. The lowest BCUT2D eigenvalue weighted by Crippen LogP contribution is -2.23. The highest BCUT2D eigenvalue weighted by Gasteiger charge is 2.28. The molecule has 0 fully saturated rings. The Kier molecular flexibility index (Phi) is 12.8. The Morgan fingerprint density at radius 3 is 2.36 bits per heavy atom. The maximum absolute atomic E-state index is 10.5. The van der Waals surface area contributed by atoms with Gasteiger partial charge < -0.3 is 10.2 Å². The molecule has 3 heteroatoms.